The standard InChI is InChI=1S/C25H46N2O8/c1-8-10-11-17(9-2)24(33)35-15-14-26-22(31)16(3)27-23(32)21(34-7)20(30)19(29)18(28)12-13-25(4,5)6/h12-13,16-21,28-30H,8-11,14-15H2,1-7H3,(H,26,31)(H,27,32)/t16-,17?,18+,19-,20+,21+/m0/s1. The number of unbranched alkanes of at least 4 members (excludes halogenated alkanes) is 1. The lowest BCUT2D eigenvalue weighted by Gasteiger charge is -2.28. The minimum Gasteiger partial charge on any atom is -0.464 e. The number of methoxy groups -OCH3 is 1. The molecule has 0 spiro atoms. The van der Waals surface area contributed by atoms with E-state index in [-0.39, 0.29) is 30.5 Å². The van der Waals surface area contributed by atoms with E-state index < -0.39 is 42.3 Å². The lowest BCUT2D eigenvalue weighted by Crippen LogP contribution is -2.55. The van der Waals surface area contributed by atoms with Gasteiger partial charge in [0.15, 0.2) is 6.10 Å². The van der Waals surface area contributed by atoms with Crippen molar-refractivity contribution in [1.29, 1.82) is 0 Å². The van der Waals surface area contributed by atoms with Crippen LogP contribution in [0.1, 0.15) is 67.2 Å². The molecule has 0 aliphatic rings. The van der Waals surface area contributed by atoms with Crippen LogP contribution in [-0.2, 0) is 23.9 Å². The van der Waals surface area contributed by atoms with Crippen molar-refractivity contribution in [2.45, 2.75) is 97.7 Å². The van der Waals surface area contributed by atoms with Gasteiger partial charge in [-0.2, -0.15) is 0 Å². The number of hydrogen-bond donors (Lipinski definition) is 5. The zero-order chi connectivity index (χ0) is 27.2. The number of rotatable bonds is 16. The molecular weight excluding hydrogens is 456 g/mol. The molecule has 0 aromatic heterocycles. The fourth-order valence-corrected chi connectivity index (χ4v) is 3.18. The summed E-state index contributed by atoms with van der Waals surface area (Å²) in [5.41, 5.74) is -0.252. The highest BCUT2D eigenvalue weighted by molar-refractivity contribution is 5.89. The van der Waals surface area contributed by atoms with Gasteiger partial charge in [-0.3, -0.25) is 14.4 Å². The zero-order valence-electron chi connectivity index (χ0n) is 22.2. The van der Waals surface area contributed by atoms with Gasteiger partial charge in [0.25, 0.3) is 5.91 Å². The van der Waals surface area contributed by atoms with Gasteiger partial charge in [0.1, 0.15) is 31.0 Å². The van der Waals surface area contributed by atoms with Gasteiger partial charge in [0, 0.05) is 7.11 Å². The Labute approximate surface area is 209 Å². The van der Waals surface area contributed by atoms with Gasteiger partial charge in [-0.1, -0.05) is 59.6 Å². The number of amides is 2. The number of carbonyl (C=O) groups excluding carboxylic acids is 3. The van der Waals surface area contributed by atoms with E-state index in [1.54, 1.807) is 6.08 Å². The smallest absolute Gasteiger partial charge is 0.308 e. The van der Waals surface area contributed by atoms with Crippen LogP contribution in [0.4, 0.5) is 0 Å². The molecule has 0 heterocycles. The van der Waals surface area contributed by atoms with E-state index in [1.807, 2.05) is 27.7 Å². The first-order valence-corrected chi connectivity index (χ1v) is 12.3. The number of aliphatic hydroxyl groups excluding tert-OH is 3. The largest absolute Gasteiger partial charge is 0.464 e. The van der Waals surface area contributed by atoms with Gasteiger partial charge in [-0.15, -0.1) is 0 Å². The summed E-state index contributed by atoms with van der Waals surface area (Å²) < 4.78 is 10.2. The van der Waals surface area contributed by atoms with Crippen LogP contribution in [0.5, 0.6) is 0 Å². The third-order valence-electron chi connectivity index (χ3n) is 5.45. The van der Waals surface area contributed by atoms with Crippen molar-refractivity contribution in [2.75, 3.05) is 20.3 Å². The first-order valence-electron chi connectivity index (χ1n) is 12.3. The number of aliphatic hydroxyl groups is 3. The molecule has 0 bridgehead atoms. The van der Waals surface area contributed by atoms with Crippen LogP contribution in [0.25, 0.3) is 0 Å². The number of hydrogen-bond acceptors (Lipinski definition) is 8. The van der Waals surface area contributed by atoms with Crippen molar-refractivity contribution in [3.63, 3.8) is 0 Å². The van der Waals surface area contributed by atoms with Gasteiger partial charge in [-0.25, -0.2) is 0 Å². The SMILES string of the molecule is CCCCC(CC)C(=O)OCCNC(=O)[C@H](C)NC(=O)[C@H](OC)[C@H](O)[C@@H](O)[C@H](O)C=CC(C)(C)C. The number of carbonyl (C=O) groups is 3. The van der Waals surface area contributed by atoms with E-state index in [9.17, 15) is 29.7 Å². The summed E-state index contributed by atoms with van der Waals surface area (Å²) in [6, 6.07) is -0.987. The van der Waals surface area contributed by atoms with Crippen LogP contribution in [-0.4, -0.2) is 83.8 Å². The van der Waals surface area contributed by atoms with Crippen LogP contribution in [0.2, 0.25) is 0 Å². The second-order valence-corrected chi connectivity index (χ2v) is 9.79. The molecule has 5 N–H and O–H groups in total. The van der Waals surface area contributed by atoms with Gasteiger partial charge in [0.05, 0.1) is 12.5 Å². The Morgan fingerprint density at radius 1 is 1.03 bits per heavy atom. The molecule has 1 unspecified atom stereocenters. The zero-order valence-corrected chi connectivity index (χ0v) is 22.2. The van der Waals surface area contributed by atoms with Crippen molar-refractivity contribution >= 4 is 17.8 Å². The molecule has 0 aromatic carbocycles. The number of esters is 1. The van der Waals surface area contributed by atoms with Gasteiger partial charge < -0.3 is 35.4 Å². The van der Waals surface area contributed by atoms with Crippen molar-refractivity contribution in [1.82, 2.24) is 10.6 Å². The van der Waals surface area contributed by atoms with Crippen molar-refractivity contribution in [2.24, 2.45) is 11.3 Å². The van der Waals surface area contributed by atoms with Crippen LogP contribution in [0.15, 0.2) is 12.2 Å². The minimum absolute atomic E-state index is 0.0133. The molecule has 0 aliphatic carbocycles. The monoisotopic (exact) mass is 502 g/mol. The lowest BCUT2D eigenvalue weighted by atomic mass is 9.94. The van der Waals surface area contributed by atoms with E-state index in [2.05, 4.69) is 17.6 Å². The Bertz CT molecular complexity index is 677. The highest BCUT2D eigenvalue weighted by Gasteiger charge is 2.36. The number of allylic oxidation sites excluding steroid dienone is 1. The van der Waals surface area contributed by atoms with Crippen molar-refractivity contribution in [3.8, 4) is 0 Å². The molecule has 35 heavy (non-hydrogen) atoms. The summed E-state index contributed by atoms with van der Waals surface area (Å²) in [7, 11) is 1.17. The Kier molecular flexibility index (Phi) is 15.7. The normalized spacial score (nSPS) is 17.2. The first kappa shape index (κ1) is 33.0. The molecule has 0 rings (SSSR count). The predicted octanol–water partition coefficient (Wildman–Crippen LogP) is 1.07. The average molecular weight is 503 g/mol. The van der Waals surface area contributed by atoms with Crippen LogP contribution >= 0.6 is 0 Å². The number of nitrogens with one attached hydrogen (secondary N) is 2. The van der Waals surface area contributed by atoms with E-state index in [0.29, 0.717) is 6.42 Å². The van der Waals surface area contributed by atoms with Gasteiger partial charge in [-0.05, 0) is 25.2 Å². The highest BCUT2D eigenvalue weighted by atomic mass is 16.5. The maximum atomic E-state index is 12.5. The third kappa shape index (κ3) is 13.0. The third-order valence-corrected chi connectivity index (χ3v) is 5.45. The lowest BCUT2D eigenvalue weighted by molar-refractivity contribution is -0.150. The Morgan fingerprint density at radius 2 is 1.66 bits per heavy atom. The van der Waals surface area contributed by atoms with E-state index in [4.69, 9.17) is 9.47 Å². The fraction of sp³-hybridized carbons (Fsp3) is 0.800. The highest BCUT2D eigenvalue weighted by Crippen LogP contribution is 2.17. The molecule has 0 saturated carbocycles. The molecule has 204 valence electrons. The van der Waals surface area contributed by atoms with E-state index >= 15 is 0 Å². The molecule has 6 atom stereocenters. The fourth-order valence-electron chi connectivity index (χ4n) is 3.18. The maximum absolute atomic E-state index is 12.5. The molecule has 0 radical (unpaired) electrons. The van der Waals surface area contributed by atoms with Gasteiger partial charge >= 0.3 is 5.97 Å². The summed E-state index contributed by atoms with van der Waals surface area (Å²) in [5.74, 6) is -1.79. The van der Waals surface area contributed by atoms with Crippen molar-refractivity contribution < 1.29 is 39.2 Å². The van der Waals surface area contributed by atoms with Gasteiger partial charge in [0.2, 0.25) is 5.91 Å². The maximum Gasteiger partial charge on any atom is 0.308 e. The molecule has 0 saturated heterocycles. The van der Waals surface area contributed by atoms with E-state index in [1.165, 1.54) is 20.1 Å². The summed E-state index contributed by atoms with van der Waals surface area (Å²) in [4.78, 5) is 36.9. The Balaban J connectivity index is 4.69. The molecule has 2 amide bonds. The molecule has 0 aliphatic heterocycles. The van der Waals surface area contributed by atoms with Crippen LogP contribution in [0, 0.1) is 11.3 Å². The molecule has 10 heteroatoms. The minimum atomic E-state index is -1.74. The average Bonchev–Trinajstić information content (AvgIpc) is 2.79. The van der Waals surface area contributed by atoms with Crippen molar-refractivity contribution in [3.05, 3.63) is 12.2 Å². The summed E-state index contributed by atoms with van der Waals surface area (Å²) in [6.45, 7) is 11.2. The molecule has 10 nitrogen and oxygen atoms in total. The summed E-state index contributed by atoms with van der Waals surface area (Å²) in [5, 5.41) is 35.7. The predicted molar refractivity (Wildman–Crippen MR) is 132 cm³/mol. The van der Waals surface area contributed by atoms with E-state index in [0.717, 1.165) is 19.3 Å². The number of ether oxygens (including phenoxy) is 2. The summed E-state index contributed by atoms with van der Waals surface area (Å²) >= 11 is 0. The Hall–Kier alpha value is -2.01. The van der Waals surface area contributed by atoms with Crippen LogP contribution in [0.3, 0.4) is 0 Å². The second kappa shape index (κ2) is 16.6. The molecular formula is C25H46N2O8. The quantitative estimate of drug-likeness (QED) is 0.119. The molecule has 0 fully saturated rings. The Morgan fingerprint density at radius 3 is 2.17 bits per heavy atom. The van der Waals surface area contributed by atoms with Crippen LogP contribution < -0.4 is 10.6 Å². The summed E-state index contributed by atoms with van der Waals surface area (Å²) in [6.07, 6.45) is 0.0498. The molecule has 0 aromatic rings. The second-order valence-electron chi connectivity index (χ2n) is 9.79. The first-order chi connectivity index (χ1) is 16.3. The topological polar surface area (TPSA) is 154 Å².